The SMILES string of the molecule is C=CC[Si](C)(C)c1c(C)cc(C)cc1S(=O)(=O)O. The zero-order valence-corrected chi connectivity index (χ0v) is 13.1. The zero-order valence-electron chi connectivity index (χ0n) is 11.3. The van der Waals surface area contributed by atoms with Gasteiger partial charge in [-0.15, -0.1) is 6.58 Å². The number of rotatable bonds is 4. The van der Waals surface area contributed by atoms with Crippen LogP contribution < -0.4 is 5.19 Å². The topological polar surface area (TPSA) is 54.4 Å². The highest BCUT2D eigenvalue weighted by Gasteiger charge is 2.30. The molecule has 1 aromatic rings. The molecule has 0 aliphatic rings. The Kier molecular flexibility index (Phi) is 4.20. The van der Waals surface area contributed by atoms with E-state index in [0.717, 1.165) is 22.4 Å². The van der Waals surface area contributed by atoms with Crippen molar-refractivity contribution in [3.8, 4) is 0 Å². The first kappa shape index (κ1) is 15.1. The number of hydrogen-bond acceptors (Lipinski definition) is 2. The van der Waals surface area contributed by atoms with Crippen molar-refractivity contribution in [2.75, 3.05) is 0 Å². The van der Waals surface area contributed by atoms with Crippen LogP contribution in [-0.2, 0) is 10.1 Å². The summed E-state index contributed by atoms with van der Waals surface area (Å²) in [7, 11) is -6.14. The number of aryl methyl sites for hydroxylation is 2. The van der Waals surface area contributed by atoms with Gasteiger partial charge in [0.15, 0.2) is 0 Å². The third-order valence-corrected chi connectivity index (χ3v) is 7.44. The molecule has 0 amide bonds. The lowest BCUT2D eigenvalue weighted by Crippen LogP contribution is -2.45. The normalized spacial score (nSPS) is 12.5. The first-order chi connectivity index (χ1) is 8.09. The molecule has 0 heterocycles. The molecule has 1 aromatic carbocycles. The fourth-order valence-corrected chi connectivity index (χ4v) is 7.24. The van der Waals surface area contributed by atoms with Gasteiger partial charge in [-0.25, -0.2) is 0 Å². The quantitative estimate of drug-likeness (QED) is 0.525. The summed E-state index contributed by atoms with van der Waals surface area (Å²) in [6, 6.07) is 4.29. The number of allylic oxidation sites excluding steroid dienone is 1. The van der Waals surface area contributed by atoms with E-state index in [1.807, 2.05) is 26.0 Å². The minimum absolute atomic E-state index is 0.0681. The van der Waals surface area contributed by atoms with Crippen LogP contribution in [0.1, 0.15) is 11.1 Å². The first-order valence-electron chi connectivity index (χ1n) is 5.79. The predicted molar refractivity (Wildman–Crippen MR) is 77.9 cm³/mol. The molecule has 0 saturated carbocycles. The number of hydrogen-bond donors (Lipinski definition) is 1. The maximum atomic E-state index is 11.6. The summed E-state index contributed by atoms with van der Waals surface area (Å²) in [6.07, 6.45) is 1.82. The Morgan fingerprint density at radius 1 is 1.33 bits per heavy atom. The molecule has 0 fully saturated rings. The average Bonchev–Trinajstić information content (AvgIpc) is 2.13. The van der Waals surface area contributed by atoms with Gasteiger partial charge in [-0.05, 0) is 36.7 Å². The Labute approximate surface area is 110 Å². The molecule has 18 heavy (non-hydrogen) atoms. The third-order valence-electron chi connectivity index (χ3n) is 3.05. The van der Waals surface area contributed by atoms with Crippen molar-refractivity contribution in [2.45, 2.75) is 37.9 Å². The fourth-order valence-electron chi connectivity index (χ4n) is 2.46. The largest absolute Gasteiger partial charge is 0.294 e. The van der Waals surface area contributed by atoms with Crippen LogP contribution in [0.15, 0.2) is 29.7 Å². The Bertz CT molecular complexity index is 574. The van der Waals surface area contributed by atoms with Crippen molar-refractivity contribution >= 4 is 23.4 Å². The molecule has 0 aliphatic heterocycles. The van der Waals surface area contributed by atoms with Gasteiger partial charge in [0.05, 0.1) is 13.0 Å². The van der Waals surface area contributed by atoms with Crippen molar-refractivity contribution < 1.29 is 13.0 Å². The Hall–Kier alpha value is -0.913. The maximum absolute atomic E-state index is 11.6. The number of benzene rings is 1. The molecule has 1 rings (SSSR count). The summed E-state index contributed by atoms with van der Waals surface area (Å²) in [5.41, 5.74) is 1.77. The van der Waals surface area contributed by atoms with E-state index in [1.165, 1.54) is 0 Å². The van der Waals surface area contributed by atoms with Crippen LogP contribution in [0.25, 0.3) is 0 Å². The van der Waals surface area contributed by atoms with E-state index < -0.39 is 18.2 Å². The van der Waals surface area contributed by atoms with Gasteiger partial charge in [0.1, 0.15) is 0 Å². The van der Waals surface area contributed by atoms with Crippen molar-refractivity contribution in [3.63, 3.8) is 0 Å². The van der Waals surface area contributed by atoms with E-state index in [2.05, 4.69) is 19.7 Å². The molecule has 1 N–H and O–H groups in total. The molecule has 0 atom stereocenters. The maximum Gasteiger partial charge on any atom is 0.294 e. The van der Waals surface area contributed by atoms with E-state index in [9.17, 15) is 13.0 Å². The standard InChI is InChI=1S/C13H20O3SSi/c1-6-7-18(4,5)13-11(3)8-10(2)9-12(13)17(14,15)16/h6,8-9H,1,7H2,2-5H3,(H,14,15,16). The van der Waals surface area contributed by atoms with Gasteiger partial charge in [-0.3, -0.25) is 4.55 Å². The predicted octanol–water partition coefficient (Wildman–Crippen LogP) is 2.65. The molecule has 0 saturated heterocycles. The zero-order chi connectivity index (χ0) is 14.1. The second-order valence-electron chi connectivity index (χ2n) is 5.31. The summed E-state index contributed by atoms with van der Waals surface area (Å²) in [5.74, 6) is 0. The molecule has 0 unspecified atom stereocenters. The Morgan fingerprint density at radius 2 is 1.89 bits per heavy atom. The summed E-state index contributed by atoms with van der Waals surface area (Å²) >= 11 is 0. The van der Waals surface area contributed by atoms with Crippen LogP contribution in [0.5, 0.6) is 0 Å². The van der Waals surface area contributed by atoms with E-state index in [0.29, 0.717) is 0 Å². The van der Waals surface area contributed by atoms with Gasteiger partial charge in [0.2, 0.25) is 0 Å². The molecule has 0 aromatic heterocycles. The van der Waals surface area contributed by atoms with Crippen LogP contribution in [-0.4, -0.2) is 21.0 Å². The smallest absolute Gasteiger partial charge is 0.282 e. The molecule has 0 spiro atoms. The van der Waals surface area contributed by atoms with E-state index in [1.54, 1.807) is 6.07 Å². The minimum Gasteiger partial charge on any atom is -0.282 e. The molecule has 5 heteroatoms. The molecule has 0 radical (unpaired) electrons. The van der Waals surface area contributed by atoms with Gasteiger partial charge in [-0.2, -0.15) is 8.42 Å². The minimum atomic E-state index is -4.18. The fraction of sp³-hybridized carbons (Fsp3) is 0.385. The highest BCUT2D eigenvalue weighted by molar-refractivity contribution is 7.86. The van der Waals surface area contributed by atoms with Crippen LogP contribution in [0.3, 0.4) is 0 Å². The van der Waals surface area contributed by atoms with Crippen LogP contribution in [0.4, 0.5) is 0 Å². The Morgan fingerprint density at radius 3 is 2.33 bits per heavy atom. The third kappa shape index (κ3) is 3.10. The highest BCUT2D eigenvalue weighted by Crippen LogP contribution is 2.20. The van der Waals surface area contributed by atoms with Crippen molar-refractivity contribution in [1.29, 1.82) is 0 Å². The Balaban J connectivity index is 3.67. The molecule has 100 valence electrons. The van der Waals surface area contributed by atoms with Crippen molar-refractivity contribution in [3.05, 3.63) is 35.9 Å². The molecule has 0 aliphatic carbocycles. The van der Waals surface area contributed by atoms with E-state index in [-0.39, 0.29) is 4.90 Å². The lowest BCUT2D eigenvalue weighted by Gasteiger charge is -2.26. The second kappa shape index (κ2) is 4.99. The first-order valence-corrected chi connectivity index (χ1v) is 10.4. The van der Waals surface area contributed by atoms with Gasteiger partial charge >= 0.3 is 0 Å². The molecule has 3 nitrogen and oxygen atoms in total. The molecule has 0 bridgehead atoms. The summed E-state index contributed by atoms with van der Waals surface area (Å²) in [6.45, 7) is 11.6. The lowest BCUT2D eigenvalue weighted by molar-refractivity contribution is 0.483. The van der Waals surface area contributed by atoms with Gasteiger partial charge < -0.3 is 0 Å². The van der Waals surface area contributed by atoms with Gasteiger partial charge in [-0.1, -0.05) is 30.8 Å². The van der Waals surface area contributed by atoms with Crippen LogP contribution >= 0.6 is 0 Å². The molecular weight excluding hydrogens is 264 g/mol. The average molecular weight is 284 g/mol. The van der Waals surface area contributed by atoms with Crippen LogP contribution in [0.2, 0.25) is 19.1 Å². The van der Waals surface area contributed by atoms with E-state index >= 15 is 0 Å². The molecular formula is C13H20O3SSi. The van der Waals surface area contributed by atoms with Gasteiger partial charge in [0, 0.05) is 0 Å². The van der Waals surface area contributed by atoms with Crippen molar-refractivity contribution in [2.24, 2.45) is 0 Å². The summed E-state index contributed by atoms with van der Waals surface area (Å²) in [5, 5.41) is 0.801. The van der Waals surface area contributed by atoms with E-state index in [4.69, 9.17) is 0 Å². The van der Waals surface area contributed by atoms with Gasteiger partial charge in [0.25, 0.3) is 10.1 Å². The van der Waals surface area contributed by atoms with Crippen molar-refractivity contribution in [1.82, 2.24) is 0 Å². The van der Waals surface area contributed by atoms with Crippen LogP contribution in [0, 0.1) is 13.8 Å². The second-order valence-corrected chi connectivity index (χ2v) is 11.4. The lowest BCUT2D eigenvalue weighted by atomic mass is 10.2. The highest BCUT2D eigenvalue weighted by atomic mass is 32.2. The summed E-state index contributed by atoms with van der Waals surface area (Å²) < 4.78 is 32.5. The monoisotopic (exact) mass is 284 g/mol. The summed E-state index contributed by atoms with van der Waals surface area (Å²) in [4.78, 5) is 0.0681.